The number of hydrogen-bond donors (Lipinski definition) is 0. The summed E-state index contributed by atoms with van der Waals surface area (Å²) in [5.74, 6) is 1.38. The molecule has 2 aromatic carbocycles. The van der Waals surface area contributed by atoms with Crippen molar-refractivity contribution >= 4 is 11.7 Å². The van der Waals surface area contributed by atoms with Crippen LogP contribution >= 0.6 is 0 Å². The number of benzene rings is 2. The van der Waals surface area contributed by atoms with Gasteiger partial charge in [-0.2, -0.15) is 0 Å². The van der Waals surface area contributed by atoms with Crippen LogP contribution in [0.5, 0.6) is 11.5 Å². The zero-order valence-corrected chi connectivity index (χ0v) is 16.4. The minimum absolute atomic E-state index is 0.0552. The van der Waals surface area contributed by atoms with E-state index in [0.29, 0.717) is 25.0 Å². The Balaban J connectivity index is 1.78. The Morgan fingerprint density at radius 1 is 1.00 bits per heavy atom. The van der Waals surface area contributed by atoms with Crippen LogP contribution in [0.15, 0.2) is 48.5 Å². The van der Waals surface area contributed by atoms with Crippen LogP contribution in [0.25, 0.3) is 0 Å². The number of carbonyl (C=O) groups excluding carboxylic acids is 2. The number of rotatable bonds is 9. The molecule has 1 atom stereocenters. The molecule has 0 saturated carbocycles. The first kappa shape index (κ1) is 20.5. The van der Waals surface area contributed by atoms with Gasteiger partial charge in [0.15, 0.2) is 5.78 Å². The summed E-state index contributed by atoms with van der Waals surface area (Å²) in [5, 5.41) is 0. The van der Waals surface area contributed by atoms with Gasteiger partial charge < -0.3 is 14.4 Å². The van der Waals surface area contributed by atoms with Crippen molar-refractivity contribution in [2.75, 3.05) is 20.8 Å². The number of ether oxygens (including phenoxy) is 2. The maximum atomic E-state index is 12.5. The third-order valence-corrected chi connectivity index (χ3v) is 4.55. The molecular weight excluding hydrogens is 342 g/mol. The zero-order chi connectivity index (χ0) is 19.8. The van der Waals surface area contributed by atoms with Crippen molar-refractivity contribution in [2.45, 2.75) is 32.7 Å². The van der Waals surface area contributed by atoms with Gasteiger partial charge in [-0.05, 0) is 44.5 Å². The molecule has 0 N–H and O–H groups in total. The topological polar surface area (TPSA) is 55.8 Å². The Hall–Kier alpha value is -2.82. The molecule has 1 unspecified atom stereocenters. The summed E-state index contributed by atoms with van der Waals surface area (Å²) < 4.78 is 10.7. The summed E-state index contributed by atoms with van der Waals surface area (Å²) in [6.07, 6.45) is 0.915. The standard InChI is InChI=1S/C22H27NO4/c1-16-7-9-18(10-8-16)22(25)17(2)23(3)21(24)6-5-15-27-20-13-11-19(26-4)12-14-20/h7-14,17H,5-6,15H2,1-4H3. The molecule has 0 spiro atoms. The molecule has 0 aromatic heterocycles. The van der Waals surface area contributed by atoms with E-state index in [9.17, 15) is 9.59 Å². The molecule has 2 aromatic rings. The molecule has 0 heterocycles. The minimum Gasteiger partial charge on any atom is -0.497 e. The molecule has 0 fully saturated rings. The molecule has 0 aliphatic heterocycles. The first-order valence-corrected chi connectivity index (χ1v) is 9.05. The Bertz CT molecular complexity index is 753. The van der Waals surface area contributed by atoms with Crippen LogP contribution in [0.2, 0.25) is 0 Å². The van der Waals surface area contributed by atoms with Crippen LogP contribution in [-0.4, -0.2) is 43.4 Å². The number of Topliss-reactive ketones (excluding diaryl/α,β-unsaturated/α-hetero) is 1. The molecule has 0 radical (unpaired) electrons. The maximum Gasteiger partial charge on any atom is 0.223 e. The third-order valence-electron chi connectivity index (χ3n) is 4.55. The fraction of sp³-hybridized carbons (Fsp3) is 0.364. The highest BCUT2D eigenvalue weighted by Gasteiger charge is 2.23. The summed E-state index contributed by atoms with van der Waals surface area (Å²) in [6, 6.07) is 14.2. The predicted octanol–water partition coefficient (Wildman–Crippen LogP) is 3.89. The van der Waals surface area contributed by atoms with E-state index in [1.807, 2.05) is 43.3 Å². The molecule has 0 bridgehead atoms. The zero-order valence-electron chi connectivity index (χ0n) is 16.4. The minimum atomic E-state index is -0.497. The Morgan fingerprint density at radius 2 is 1.59 bits per heavy atom. The van der Waals surface area contributed by atoms with Gasteiger partial charge in [-0.3, -0.25) is 9.59 Å². The maximum absolute atomic E-state index is 12.5. The van der Waals surface area contributed by atoms with Crippen LogP contribution in [0.1, 0.15) is 35.7 Å². The molecule has 27 heavy (non-hydrogen) atoms. The molecule has 2 rings (SSSR count). The lowest BCUT2D eigenvalue weighted by molar-refractivity contribution is -0.131. The third kappa shape index (κ3) is 5.84. The number of aryl methyl sites for hydroxylation is 1. The Kier molecular flexibility index (Phi) is 7.41. The summed E-state index contributed by atoms with van der Waals surface area (Å²) in [6.45, 7) is 4.17. The van der Waals surface area contributed by atoms with Crippen LogP contribution in [-0.2, 0) is 4.79 Å². The van der Waals surface area contributed by atoms with E-state index in [4.69, 9.17) is 9.47 Å². The van der Waals surface area contributed by atoms with Crippen molar-refractivity contribution in [1.29, 1.82) is 0 Å². The molecule has 0 aliphatic carbocycles. The van der Waals surface area contributed by atoms with Crippen LogP contribution in [0, 0.1) is 6.92 Å². The number of ketones is 1. The number of carbonyl (C=O) groups is 2. The largest absolute Gasteiger partial charge is 0.497 e. The quantitative estimate of drug-likeness (QED) is 0.497. The molecule has 5 nitrogen and oxygen atoms in total. The second-order valence-corrected chi connectivity index (χ2v) is 6.54. The summed E-state index contributed by atoms with van der Waals surface area (Å²) >= 11 is 0. The van der Waals surface area contributed by atoms with Crippen molar-refractivity contribution < 1.29 is 19.1 Å². The highest BCUT2D eigenvalue weighted by Crippen LogP contribution is 2.17. The molecule has 5 heteroatoms. The van der Waals surface area contributed by atoms with E-state index in [1.165, 1.54) is 4.90 Å². The van der Waals surface area contributed by atoms with Gasteiger partial charge in [0.1, 0.15) is 11.5 Å². The fourth-order valence-electron chi connectivity index (χ4n) is 2.61. The molecule has 144 valence electrons. The van der Waals surface area contributed by atoms with Gasteiger partial charge in [-0.1, -0.05) is 29.8 Å². The van der Waals surface area contributed by atoms with Gasteiger partial charge in [0, 0.05) is 19.0 Å². The monoisotopic (exact) mass is 369 g/mol. The van der Waals surface area contributed by atoms with E-state index in [0.717, 1.165) is 17.1 Å². The van der Waals surface area contributed by atoms with Crippen molar-refractivity contribution in [3.8, 4) is 11.5 Å². The molecule has 0 saturated heterocycles. The highest BCUT2D eigenvalue weighted by atomic mass is 16.5. The summed E-state index contributed by atoms with van der Waals surface area (Å²) in [7, 11) is 3.28. The SMILES string of the molecule is COc1ccc(OCCCC(=O)N(C)C(C)C(=O)c2ccc(C)cc2)cc1. The van der Waals surface area contributed by atoms with Crippen LogP contribution in [0.3, 0.4) is 0 Å². The highest BCUT2D eigenvalue weighted by molar-refractivity contribution is 6.01. The van der Waals surface area contributed by atoms with E-state index in [-0.39, 0.29) is 11.7 Å². The van der Waals surface area contributed by atoms with Gasteiger partial charge in [-0.25, -0.2) is 0 Å². The van der Waals surface area contributed by atoms with E-state index < -0.39 is 6.04 Å². The van der Waals surface area contributed by atoms with Crippen molar-refractivity contribution in [3.05, 3.63) is 59.7 Å². The van der Waals surface area contributed by atoms with Gasteiger partial charge in [0.05, 0.1) is 19.8 Å². The van der Waals surface area contributed by atoms with Crippen molar-refractivity contribution in [3.63, 3.8) is 0 Å². The fourth-order valence-corrected chi connectivity index (χ4v) is 2.61. The average molecular weight is 369 g/mol. The van der Waals surface area contributed by atoms with Gasteiger partial charge in [0.25, 0.3) is 0 Å². The van der Waals surface area contributed by atoms with Crippen LogP contribution < -0.4 is 9.47 Å². The summed E-state index contributed by atoms with van der Waals surface area (Å²) in [4.78, 5) is 26.4. The van der Waals surface area contributed by atoms with Crippen molar-refractivity contribution in [2.24, 2.45) is 0 Å². The van der Waals surface area contributed by atoms with Gasteiger partial charge in [-0.15, -0.1) is 0 Å². The smallest absolute Gasteiger partial charge is 0.223 e. The predicted molar refractivity (Wildman–Crippen MR) is 105 cm³/mol. The normalized spacial score (nSPS) is 11.6. The first-order chi connectivity index (χ1) is 12.9. The lowest BCUT2D eigenvalue weighted by atomic mass is 10.0. The average Bonchev–Trinajstić information content (AvgIpc) is 2.70. The van der Waals surface area contributed by atoms with Crippen LogP contribution in [0.4, 0.5) is 0 Å². The van der Waals surface area contributed by atoms with Gasteiger partial charge in [0.2, 0.25) is 5.91 Å². The number of nitrogens with zero attached hydrogens (tertiary/aromatic N) is 1. The molecule has 1 amide bonds. The number of amides is 1. The van der Waals surface area contributed by atoms with Crippen molar-refractivity contribution in [1.82, 2.24) is 4.90 Å². The van der Waals surface area contributed by atoms with E-state index >= 15 is 0 Å². The summed E-state index contributed by atoms with van der Waals surface area (Å²) in [5.41, 5.74) is 1.72. The Morgan fingerprint density at radius 3 is 2.19 bits per heavy atom. The number of methoxy groups -OCH3 is 1. The number of hydrogen-bond acceptors (Lipinski definition) is 4. The lowest BCUT2D eigenvalue weighted by Crippen LogP contribution is -2.40. The van der Waals surface area contributed by atoms with Gasteiger partial charge >= 0.3 is 0 Å². The van der Waals surface area contributed by atoms with E-state index in [2.05, 4.69) is 0 Å². The number of likely N-dealkylation sites (N-methyl/N-ethyl adjacent to an activating group) is 1. The van der Waals surface area contributed by atoms with E-state index in [1.54, 1.807) is 33.2 Å². The Labute approximate surface area is 160 Å². The second-order valence-electron chi connectivity index (χ2n) is 6.54. The molecule has 0 aliphatic rings. The second kappa shape index (κ2) is 9.76. The molecular formula is C22H27NO4. The lowest BCUT2D eigenvalue weighted by Gasteiger charge is -2.24. The first-order valence-electron chi connectivity index (χ1n) is 9.05.